The third kappa shape index (κ3) is 3.26. The SMILES string of the molecule is Cc1ccc(F)c2cc(C(=O)Nc3cccc([C@@H]4CCN5C(=O)CC[C@@H]5C4)c3)[nH]c12. The maximum atomic E-state index is 14.1. The number of halogens is 1. The third-order valence-corrected chi connectivity index (χ3v) is 6.54. The van der Waals surface area contributed by atoms with E-state index in [-0.39, 0.29) is 17.6 Å². The van der Waals surface area contributed by atoms with Gasteiger partial charge in [0, 0.05) is 30.1 Å². The molecule has 3 heterocycles. The van der Waals surface area contributed by atoms with Gasteiger partial charge < -0.3 is 15.2 Å². The predicted molar refractivity (Wildman–Crippen MR) is 114 cm³/mol. The van der Waals surface area contributed by atoms with Crippen LogP contribution in [0.3, 0.4) is 0 Å². The highest BCUT2D eigenvalue weighted by atomic mass is 19.1. The van der Waals surface area contributed by atoms with Crippen LogP contribution in [0.5, 0.6) is 0 Å². The molecular formula is C24H24FN3O2. The third-order valence-electron chi connectivity index (χ3n) is 6.54. The van der Waals surface area contributed by atoms with Crippen molar-refractivity contribution in [1.29, 1.82) is 0 Å². The van der Waals surface area contributed by atoms with Gasteiger partial charge in [-0.25, -0.2) is 4.39 Å². The van der Waals surface area contributed by atoms with Crippen molar-refractivity contribution >= 4 is 28.4 Å². The summed E-state index contributed by atoms with van der Waals surface area (Å²) in [6, 6.07) is 12.9. The molecule has 2 aliphatic heterocycles. The second-order valence-electron chi connectivity index (χ2n) is 8.42. The largest absolute Gasteiger partial charge is 0.350 e. The number of aromatic amines is 1. The number of benzene rings is 2. The zero-order valence-electron chi connectivity index (χ0n) is 16.9. The maximum absolute atomic E-state index is 14.1. The fourth-order valence-electron chi connectivity index (χ4n) is 4.91. The molecule has 2 amide bonds. The van der Waals surface area contributed by atoms with Crippen LogP contribution >= 0.6 is 0 Å². The lowest BCUT2D eigenvalue weighted by atomic mass is 9.85. The molecule has 0 radical (unpaired) electrons. The molecule has 2 aromatic carbocycles. The molecule has 2 fully saturated rings. The van der Waals surface area contributed by atoms with Crippen molar-refractivity contribution in [3.05, 3.63) is 65.1 Å². The minimum absolute atomic E-state index is 0.282. The number of aryl methyl sites for hydroxylation is 1. The number of aromatic nitrogens is 1. The van der Waals surface area contributed by atoms with Crippen LogP contribution in [0.15, 0.2) is 42.5 Å². The van der Waals surface area contributed by atoms with Crippen molar-refractivity contribution in [2.24, 2.45) is 0 Å². The second kappa shape index (κ2) is 7.27. The van der Waals surface area contributed by atoms with E-state index in [1.165, 1.54) is 11.6 Å². The Morgan fingerprint density at radius 2 is 2.07 bits per heavy atom. The van der Waals surface area contributed by atoms with Gasteiger partial charge in [-0.2, -0.15) is 0 Å². The quantitative estimate of drug-likeness (QED) is 0.661. The van der Waals surface area contributed by atoms with Crippen LogP contribution in [0.4, 0.5) is 10.1 Å². The minimum atomic E-state index is -0.343. The summed E-state index contributed by atoms with van der Waals surface area (Å²) >= 11 is 0. The number of anilines is 1. The number of carbonyl (C=O) groups is 2. The summed E-state index contributed by atoms with van der Waals surface area (Å²) < 4.78 is 14.1. The Morgan fingerprint density at radius 1 is 1.20 bits per heavy atom. The Bertz CT molecular complexity index is 1110. The topological polar surface area (TPSA) is 65.2 Å². The summed E-state index contributed by atoms with van der Waals surface area (Å²) in [6.45, 7) is 2.69. The van der Waals surface area contributed by atoms with E-state index >= 15 is 0 Å². The molecule has 0 spiro atoms. The summed E-state index contributed by atoms with van der Waals surface area (Å²) in [7, 11) is 0. The Labute approximate surface area is 174 Å². The molecule has 3 aromatic rings. The first kappa shape index (κ1) is 18.9. The smallest absolute Gasteiger partial charge is 0.272 e. The van der Waals surface area contributed by atoms with Crippen molar-refractivity contribution in [2.75, 3.05) is 11.9 Å². The lowest BCUT2D eigenvalue weighted by Crippen LogP contribution is -2.39. The van der Waals surface area contributed by atoms with Gasteiger partial charge in [0.1, 0.15) is 11.5 Å². The maximum Gasteiger partial charge on any atom is 0.272 e. The Morgan fingerprint density at radius 3 is 2.90 bits per heavy atom. The summed E-state index contributed by atoms with van der Waals surface area (Å²) in [5.74, 6) is 0.0336. The lowest BCUT2D eigenvalue weighted by molar-refractivity contribution is -0.129. The number of H-pyrrole nitrogens is 1. The fraction of sp³-hybridized carbons (Fsp3) is 0.333. The first-order valence-corrected chi connectivity index (χ1v) is 10.5. The monoisotopic (exact) mass is 405 g/mol. The number of piperidine rings is 1. The van der Waals surface area contributed by atoms with Gasteiger partial charge >= 0.3 is 0 Å². The molecule has 5 nitrogen and oxygen atoms in total. The lowest BCUT2D eigenvalue weighted by Gasteiger charge is -2.35. The van der Waals surface area contributed by atoms with Gasteiger partial charge in [0.25, 0.3) is 5.91 Å². The van der Waals surface area contributed by atoms with Crippen LogP contribution in [0.2, 0.25) is 0 Å². The average molecular weight is 405 g/mol. The van der Waals surface area contributed by atoms with Gasteiger partial charge in [-0.1, -0.05) is 18.2 Å². The standard InChI is InChI=1S/C24H24FN3O2/c1-14-5-7-20(25)19-13-21(27-23(14)19)24(30)26-17-4-2-3-15(11-17)16-9-10-28-18(12-16)6-8-22(28)29/h2-5,7,11,13,16,18,27H,6,8-10,12H2,1H3,(H,26,30)/t16-,18-/m1/s1. The number of carbonyl (C=O) groups excluding carboxylic acids is 2. The number of fused-ring (bicyclic) bond motifs is 2. The molecular weight excluding hydrogens is 381 g/mol. The molecule has 0 unspecified atom stereocenters. The molecule has 6 heteroatoms. The molecule has 0 aliphatic carbocycles. The van der Waals surface area contributed by atoms with Crippen LogP contribution in [-0.4, -0.2) is 34.3 Å². The average Bonchev–Trinajstić information content (AvgIpc) is 3.36. The van der Waals surface area contributed by atoms with Crippen molar-refractivity contribution < 1.29 is 14.0 Å². The Balaban J connectivity index is 1.34. The Hall–Kier alpha value is -3.15. The first-order chi connectivity index (χ1) is 14.5. The van der Waals surface area contributed by atoms with Gasteiger partial charge in [-0.05, 0) is 67.5 Å². The van der Waals surface area contributed by atoms with Gasteiger partial charge in [-0.3, -0.25) is 9.59 Å². The van der Waals surface area contributed by atoms with Gasteiger partial charge in [0.05, 0.1) is 5.52 Å². The van der Waals surface area contributed by atoms with E-state index in [1.807, 2.05) is 30.0 Å². The molecule has 2 N–H and O–H groups in total. The molecule has 2 atom stereocenters. The van der Waals surface area contributed by atoms with E-state index in [4.69, 9.17) is 0 Å². The number of nitrogens with zero attached hydrogens (tertiary/aromatic N) is 1. The fourth-order valence-corrected chi connectivity index (χ4v) is 4.91. The van der Waals surface area contributed by atoms with E-state index in [1.54, 1.807) is 12.1 Å². The molecule has 5 rings (SSSR count). The predicted octanol–water partition coefficient (Wildman–Crippen LogP) is 4.74. The molecule has 2 saturated heterocycles. The second-order valence-corrected chi connectivity index (χ2v) is 8.42. The van der Waals surface area contributed by atoms with E-state index < -0.39 is 0 Å². The Kier molecular flexibility index (Phi) is 4.57. The zero-order chi connectivity index (χ0) is 20.8. The van der Waals surface area contributed by atoms with E-state index in [0.717, 1.165) is 37.1 Å². The van der Waals surface area contributed by atoms with Crippen molar-refractivity contribution in [1.82, 2.24) is 9.88 Å². The number of amides is 2. The summed E-state index contributed by atoms with van der Waals surface area (Å²) in [5, 5.41) is 3.36. The number of rotatable bonds is 3. The molecule has 0 bridgehead atoms. The van der Waals surface area contributed by atoms with Crippen LogP contribution in [0.1, 0.15) is 53.2 Å². The highest BCUT2D eigenvalue weighted by Crippen LogP contribution is 2.37. The van der Waals surface area contributed by atoms with Gasteiger partial charge in [-0.15, -0.1) is 0 Å². The number of hydrogen-bond acceptors (Lipinski definition) is 2. The van der Waals surface area contributed by atoms with Crippen LogP contribution in [-0.2, 0) is 4.79 Å². The minimum Gasteiger partial charge on any atom is -0.350 e. The number of nitrogens with one attached hydrogen (secondary N) is 2. The van der Waals surface area contributed by atoms with Gasteiger partial charge in [0.15, 0.2) is 0 Å². The summed E-state index contributed by atoms with van der Waals surface area (Å²) in [6.07, 6.45) is 3.53. The summed E-state index contributed by atoms with van der Waals surface area (Å²) in [5.41, 5.74) is 3.78. The van der Waals surface area contributed by atoms with E-state index in [2.05, 4.69) is 16.4 Å². The molecule has 1 aromatic heterocycles. The van der Waals surface area contributed by atoms with Gasteiger partial charge in [0.2, 0.25) is 5.91 Å². The van der Waals surface area contributed by atoms with Crippen LogP contribution in [0.25, 0.3) is 10.9 Å². The molecule has 2 aliphatic rings. The van der Waals surface area contributed by atoms with Crippen molar-refractivity contribution in [2.45, 2.75) is 44.6 Å². The highest BCUT2D eigenvalue weighted by molar-refractivity contribution is 6.06. The normalized spacial score (nSPS) is 21.1. The molecule has 154 valence electrons. The van der Waals surface area contributed by atoms with Crippen LogP contribution < -0.4 is 5.32 Å². The first-order valence-electron chi connectivity index (χ1n) is 10.5. The summed E-state index contributed by atoms with van der Waals surface area (Å²) in [4.78, 5) is 29.8. The highest BCUT2D eigenvalue weighted by Gasteiger charge is 2.36. The van der Waals surface area contributed by atoms with E-state index in [9.17, 15) is 14.0 Å². The van der Waals surface area contributed by atoms with Crippen LogP contribution in [0, 0.1) is 12.7 Å². The molecule has 30 heavy (non-hydrogen) atoms. The van der Waals surface area contributed by atoms with Crippen molar-refractivity contribution in [3.8, 4) is 0 Å². The van der Waals surface area contributed by atoms with Crippen molar-refractivity contribution in [3.63, 3.8) is 0 Å². The van der Waals surface area contributed by atoms with E-state index in [0.29, 0.717) is 35.0 Å². The zero-order valence-corrected chi connectivity index (χ0v) is 16.9. The number of hydrogen-bond donors (Lipinski definition) is 2. The molecule has 0 saturated carbocycles.